The Morgan fingerprint density at radius 1 is 1.09 bits per heavy atom. The number of hydrogen-bond acceptors (Lipinski definition) is 3. The van der Waals surface area contributed by atoms with E-state index in [1.165, 1.54) is 11.1 Å². The van der Waals surface area contributed by atoms with Crippen molar-refractivity contribution in [2.75, 3.05) is 26.2 Å². The van der Waals surface area contributed by atoms with Gasteiger partial charge in [0.05, 0.1) is 6.04 Å². The average Bonchev–Trinajstić information content (AvgIpc) is 2.59. The molecule has 1 fully saturated rings. The summed E-state index contributed by atoms with van der Waals surface area (Å²) in [7, 11) is 0. The van der Waals surface area contributed by atoms with Gasteiger partial charge in [0.15, 0.2) is 0 Å². The number of nitrogens with one attached hydrogen (secondary N) is 1. The van der Waals surface area contributed by atoms with Crippen molar-refractivity contribution in [1.29, 1.82) is 0 Å². The van der Waals surface area contributed by atoms with Crippen LogP contribution in [0.2, 0.25) is 5.02 Å². The lowest BCUT2D eigenvalue weighted by Gasteiger charge is -2.39. The molecular formula is C19H23ClN2O. The predicted octanol–water partition coefficient (Wildman–Crippen LogP) is 3.09. The van der Waals surface area contributed by atoms with Crippen molar-refractivity contribution in [2.24, 2.45) is 0 Å². The molecule has 0 aromatic heterocycles. The number of rotatable bonds is 5. The lowest BCUT2D eigenvalue weighted by molar-refractivity contribution is 0.146. The molecule has 1 aliphatic heterocycles. The highest BCUT2D eigenvalue weighted by Crippen LogP contribution is 2.30. The Morgan fingerprint density at radius 2 is 1.78 bits per heavy atom. The maximum absolute atomic E-state index is 9.23. The molecule has 3 nitrogen and oxygen atoms in total. The highest BCUT2D eigenvalue weighted by atomic mass is 35.5. The standard InChI is InChI=1S/C19H23ClN2O/c20-17-8-6-16(7-9-17)19(15-4-2-1-3-5-15)22-12-11-21-18(14-22)10-13-23/h1-9,18-19,21,23H,10-14H2. The number of benzene rings is 2. The first kappa shape index (κ1) is 16.5. The normalized spacial score (nSPS) is 20.3. The molecule has 4 heteroatoms. The van der Waals surface area contributed by atoms with Crippen molar-refractivity contribution in [2.45, 2.75) is 18.5 Å². The van der Waals surface area contributed by atoms with Crippen LogP contribution in [-0.4, -0.2) is 42.3 Å². The van der Waals surface area contributed by atoms with E-state index >= 15 is 0 Å². The first-order chi connectivity index (χ1) is 11.3. The van der Waals surface area contributed by atoms with Crippen molar-refractivity contribution >= 4 is 11.6 Å². The Bertz CT molecular complexity index is 601. The quantitative estimate of drug-likeness (QED) is 0.884. The minimum atomic E-state index is 0.219. The van der Waals surface area contributed by atoms with Gasteiger partial charge in [-0.15, -0.1) is 0 Å². The second-order valence-corrected chi connectivity index (χ2v) is 6.46. The van der Waals surface area contributed by atoms with E-state index in [9.17, 15) is 5.11 Å². The molecular weight excluding hydrogens is 308 g/mol. The van der Waals surface area contributed by atoms with Gasteiger partial charge in [-0.05, 0) is 29.7 Å². The van der Waals surface area contributed by atoms with Crippen molar-refractivity contribution in [3.63, 3.8) is 0 Å². The number of piperazine rings is 1. The lowest BCUT2D eigenvalue weighted by Crippen LogP contribution is -2.52. The highest BCUT2D eigenvalue weighted by molar-refractivity contribution is 6.30. The summed E-state index contributed by atoms with van der Waals surface area (Å²) in [4.78, 5) is 2.50. The van der Waals surface area contributed by atoms with E-state index in [4.69, 9.17) is 11.6 Å². The molecule has 0 bridgehead atoms. The van der Waals surface area contributed by atoms with Crippen LogP contribution in [0.5, 0.6) is 0 Å². The molecule has 3 rings (SSSR count). The van der Waals surface area contributed by atoms with E-state index in [1.807, 2.05) is 12.1 Å². The largest absolute Gasteiger partial charge is 0.396 e. The molecule has 2 atom stereocenters. The van der Waals surface area contributed by atoms with E-state index in [0.29, 0.717) is 6.04 Å². The SMILES string of the molecule is OCCC1CN(C(c2ccccc2)c2ccc(Cl)cc2)CCN1. The first-order valence-electron chi connectivity index (χ1n) is 8.16. The molecule has 2 aromatic rings. The van der Waals surface area contributed by atoms with Crippen molar-refractivity contribution < 1.29 is 5.11 Å². The monoisotopic (exact) mass is 330 g/mol. The van der Waals surface area contributed by atoms with Crippen LogP contribution < -0.4 is 5.32 Å². The van der Waals surface area contributed by atoms with Gasteiger partial charge in [-0.2, -0.15) is 0 Å². The first-order valence-corrected chi connectivity index (χ1v) is 8.54. The molecule has 1 saturated heterocycles. The van der Waals surface area contributed by atoms with Gasteiger partial charge in [0.1, 0.15) is 0 Å². The summed E-state index contributed by atoms with van der Waals surface area (Å²) in [5.74, 6) is 0. The molecule has 0 aliphatic carbocycles. The van der Waals surface area contributed by atoms with Crippen molar-refractivity contribution in [3.8, 4) is 0 Å². The van der Waals surface area contributed by atoms with E-state index in [1.54, 1.807) is 0 Å². The molecule has 122 valence electrons. The fourth-order valence-corrected chi connectivity index (χ4v) is 3.46. The van der Waals surface area contributed by atoms with Gasteiger partial charge in [0.2, 0.25) is 0 Å². The molecule has 1 aliphatic rings. The maximum atomic E-state index is 9.23. The fraction of sp³-hybridized carbons (Fsp3) is 0.368. The zero-order valence-corrected chi connectivity index (χ0v) is 13.9. The van der Waals surface area contributed by atoms with Crippen LogP contribution in [0.1, 0.15) is 23.6 Å². The molecule has 0 saturated carbocycles. The molecule has 2 aromatic carbocycles. The third-order valence-corrected chi connectivity index (χ3v) is 4.68. The number of halogens is 1. The van der Waals surface area contributed by atoms with Crippen LogP contribution in [0.3, 0.4) is 0 Å². The van der Waals surface area contributed by atoms with E-state index < -0.39 is 0 Å². The van der Waals surface area contributed by atoms with Gasteiger partial charge in [-0.3, -0.25) is 4.90 Å². The second kappa shape index (κ2) is 7.93. The Balaban J connectivity index is 1.90. The van der Waals surface area contributed by atoms with Gasteiger partial charge in [0, 0.05) is 37.3 Å². The molecule has 0 amide bonds. The summed E-state index contributed by atoms with van der Waals surface area (Å²) >= 11 is 6.06. The van der Waals surface area contributed by atoms with Crippen molar-refractivity contribution in [3.05, 3.63) is 70.7 Å². The number of aliphatic hydroxyl groups excluding tert-OH is 1. The van der Waals surface area contributed by atoms with Gasteiger partial charge >= 0.3 is 0 Å². The fourth-order valence-electron chi connectivity index (χ4n) is 3.33. The summed E-state index contributed by atoms with van der Waals surface area (Å²) in [6.45, 7) is 3.09. The van der Waals surface area contributed by atoms with Gasteiger partial charge < -0.3 is 10.4 Å². The summed E-state index contributed by atoms with van der Waals surface area (Å²) in [5.41, 5.74) is 2.55. The van der Waals surface area contributed by atoms with Crippen molar-refractivity contribution in [1.82, 2.24) is 10.2 Å². The number of aliphatic hydroxyl groups is 1. The molecule has 2 N–H and O–H groups in total. The van der Waals surface area contributed by atoms with Crippen LogP contribution in [0.4, 0.5) is 0 Å². The van der Waals surface area contributed by atoms with Gasteiger partial charge in [-0.25, -0.2) is 0 Å². The van der Waals surface area contributed by atoms with E-state index in [2.05, 4.69) is 52.7 Å². The van der Waals surface area contributed by atoms with E-state index in [-0.39, 0.29) is 12.6 Å². The summed E-state index contributed by atoms with van der Waals surface area (Å²) < 4.78 is 0. The van der Waals surface area contributed by atoms with Crippen LogP contribution in [0.25, 0.3) is 0 Å². The number of nitrogens with zero attached hydrogens (tertiary/aromatic N) is 1. The topological polar surface area (TPSA) is 35.5 Å². The third kappa shape index (κ3) is 4.12. The molecule has 1 heterocycles. The zero-order chi connectivity index (χ0) is 16.1. The Kier molecular flexibility index (Phi) is 5.68. The smallest absolute Gasteiger partial charge is 0.0602 e. The Morgan fingerprint density at radius 3 is 2.48 bits per heavy atom. The van der Waals surface area contributed by atoms with Crippen LogP contribution in [0.15, 0.2) is 54.6 Å². The van der Waals surface area contributed by atoms with E-state index in [0.717, 1.165) is 31.1 Å². The summed E-state index contributed by atoms with van der Waals surface area (Å²) in [6, 6.07) is 19.3. The van der Waals surface area contributed by atoms with Crippen LogP contribution >= 0.6 is 11.6 Å². The number of hydrogen-bond donors (Lipinski definition) is 2. The lowest BCUT2D eigenvalue weighted by atomic mass is 9.95. The third-order valence-electron chi connectivity index (χ3n) is 4.43. The minimum absolute atomic E-state index is 0.219. The predicted molar refractivity (Wildman–Crippen MR) is 94.8 cm³/mol. The molecule has 2 unspecified atom stereocenters. The summed E-state index contributed by atoms with van der Waals surface area (Å²) in [5, 5.41) is 13.5. The van der Waals surface area contributed by atoms with Gasteiger partial charge in [0.25, 0.3) is 0 Å². The van der Waals surface area contributed by atoms with Crippen LogP contribution in [0, 0.1) is 0 Å². The van der Waals surface area contributed by atoms with Gasteiger partial charge in [-0.1, -0.05) is 54.1 Å². The molecule has 23 heavy (non-hydrogen) atoms. The zero-order valence-electron chi connectivity index (χ0n) is 13.2. The molecule has 0 spiro atoms. The average molecular weight is 331 g/mol. The summed E-state index contributed by atoms with van der Waals surface area (Å²) in [6.07, 6.45) is 0.790. The Hall–Kier alpha value is -1.39. The maximum Gasteiger partial charge on any atom is 0.0602 e. The molecule has 0 radical (unpaired) electrons. The Labute approximate surface area is 142 Å². The minimum Gasteiger partial charge on any atom is -0.396 e. The van der Waals surface area contributed by atoms with Crippen LogP contribution in [-0.2, 0) is 0 Å². The highest BCUT2D eigenvalue weighted by Gasteiger charge is 2.27. The second-order valence-electron chi connectivity index (χ2n) is 6.02.